The molecule has 3 aromatic rings. The highest BCUT2D eigenvalue weighted by Crippen LogP contribution is 2.20. The van der Waals surface area contributed by atoms with Crippen LogP contribution < -0.4 is 10.6 Å². The monoisotopic (exact) mass is 384 g/mol. The lowest BCUT2D eigenvalue weighted by Crippen LogP contribution is -2.19. The van der Waals surface area contributed by atoms with Gasteiger partial charge in [-0.05, 0) is 74.4 Å². The van der Waals surface area contributed by atoms with Gasteiger partial charge in [0.1, 0.15) is 0 Å². The molecule has 3 rings (SSSR count). The zero-order chi connectivity index (χ0) is 18.7. The number of anilines is 2. The van der Waals surface area contributed by atoms with E-state index in [1.165, 1.54) is 5.56 Å². The van der Waals surface area contributed by atoms with Gasteiger partial charge in [-0.3, -0.25) is 4.68 Å². The van der Waals surface area contributed by atoms with Crippen LogP contribution in [0.2, 0.25) is 5.02 Å². The number of hydrogen-bond donors (Lipinski definition) is 2. The zero-order valence-corrected chi connectivity index (χ0v) is 16.6. The number of hydrogen-bond acceptors (Lipinski definition) is 2. The maximum atomic E-state index is 6.05. The van der Waals surface area contributed by atoms with E-state index in [9.17, 15) is 0 Å². The van der Waals surface area contributed by atoms with Crippen molar-refractivity contribution in [3.63, 3.8) is 0 Å². The third kappa shape index (κ3) is 4.62. The first-order valence-corrected chi connectivity index (χ1v) is 9.13. The van der Waals surface area contributed by atoms with Crippen LogP contribution in [0, 0.1) is 20.8 Å². The first-order valence-electron chi connectivity index (χ1n) is 8.35. The van der Waals surface area contributed by atoms with Gasteiger partial charge in [0.05, 0.1) is 12.2 Å². The SMILES string of the molecule is Cc1cc(C)n(Cc2ccc(NC(=S)Nc3cc(Cl)ccc3C)cc2)n1. The summed E-state index contributed by atoms with van der Waals surface area (Å²) >= 11 is 11.4. The van der Waals surface area contributed by atoms with Crippen molar-refractivity contribution in [2.75, 3.05) is 10.6 Å². The van der Waals surface area contributed by atoms with Crippen LogP contribution in [0.25, 0.3) is 0 Å². The molecule has 1 heterocycles. The summed E-state index contributed by atoms with van der Waals surface area (Å²) in [6, 6.07) is 15.9. The van der Waals surface area contributed by atoms with Gasteiger partial charge in [-0.15, -0.1) is 0 Å². The molecule has 0 aliphatic rings. The number of benzene rings is 2. The second-order valence-electron chi connectivity index (χ2n) is 6.32. The molecule has 0 unspecified atom stereocenters. The molecule has 6 heteroatoms. The second-order valence-corrected chi connectivity index (χ2v) is 7.16. The lowest BCUT2D eigenvalue weighted by molar-refractivity contribution is 0.659. The molecular weight excluding hydrogens is 364 g/mol. The Balaban J connectivity index is 1.62. The van der Waals surface area contributed by atoms with Crippen LogP contribution in [-0.4, -0.2) is 14.9 Å². The van der Waals surface area contributed by atoms with E-state index in [1.807, 2.05) is 48.9 Å². The van der Waals surface area contributed by atoms with Crippen molar-refractivity contribution in [1.82, 2.24) is 9.78 Å². The number of nitrogens with zero attached hydrogens (tertiary/aromatic N) is 2. The summed E-state index contributed by atoms with van der Waals surface area (Å²) in [5.74, 6) is 0. The first-order chi connectivity index (χ1) is 12.4. The zero-order valence-electron chi connectivity index (χ0n) is 15.0. The normalized spacial score (nSPS) is 10.6. The van der Waals surface area contributed by atoms with E-state index >= 15 is 0 Å². The summed E-state index contributed by atoms with van der Waals surface area (Å²) in [4.78, 5) is 0. The average molecular weight is 385 g/mol. The number of thiocarbonyl (C=S) groups is 1. The number of aryl methyl sites for hydroxylation is 3. The predicted molar refractivity (Wildman–Crippen MR) is 113 cm³/mol. The fourth-order valence-electron chi connectivity index (χ4n) is 2.71. The van der Waals surface area contributed by atoms with Crippen LogP contribution in [0.5, 0.6) is 0 Å². The van der Waals surface area contributed by atoms with Gasteiger partial charge in [0.15, 0.2) is 5.11 Å². The van der Waals surface area contributed by atoms with Crippen molar-refractivity contribution in [3.8, 4) is 0 Å². The van der Waals surface area contributed by atoms with Crippen molar-refractivity contribution >= 4 is 40.3 Å². The fourth-order valence-corrected chi connectivity index (χ4v) is 3.11. The summed E-state index contributed by atoms with van der Waals surface area (Å²) < 4.78 is 2.01. The van der Waals surface area contributed by atoms with Crippen molar-refractivity contribution in [3.05, 3.63) is 76.1 Å². The number of halogens is 1. The Morgan fingerprint density at radius 2 is 1.77 bits per heavy atom. The van der Waals surface area contributed by atoms with Gasteiger partial charge in [-0.1, -0.05) is 29.8 Å². The summed E-state index contributed by atoms with van der Waals surface area (Å²) in [7, 11) is 0. The Labute approximate surface area is 164 Å². The van der Waals surface area contributed by atoms with Crippen molar-refractivity contribution < 1.29 is 0 Å². The van der Waals surface area contributed by atoms with Gasteiger partial charge in [-0.25, -0.2) is 0 Å². The van der Waals surface area contributed by atoms with Crippen molar-refractivity contribution in [1.29, 1.82) is 0 Å². The molecular formula is C20H21ClN4S. The summed E-state index contributed by atoms with van der Waals surface area (Å²) in [6.45, 7) is 6.84. The molecule has 4 nitrogen and oxygen atoms in total. The smallest absolute Gasteiger partial charge is 0.175 e. The third-order valence-corrected chi connectivity index (χ3v) is 4.53. The second kappa shape index (κ2) is 7.89. The van der Waals surface area contributed by atoms with Gasteiger partial charge in [-0.2, -0.15) is 5.10 Å². The standard InChI is InChI=1S/C20H21ClN4S/c1-13-4-7-17(21)11-19(13)23-20(26)22-18-8-5-16(6-9-18)12-25-15(3)10-14(2)24-25/h4-11H,12H2,1-3H3,(H2,22,23,26). The van der Waals surface area contributed by atoms with Crippen LogP contribution >= 0.6 is 23.8 Å². The minimum absolute atomic E-state index is 0.529. The molecule has 1 aromatic heterocycles. The highest BCUT2D eigenvalue weighted by atomic mass is 35.5. The molecule has 26 heavy (non-hydrogen) atoms. The Morgan fingerprint density at radius 3 is 2.42 bits per heavy atom. The average Bonchev–Trinajstić information content (AvgIpc) is 2.90. The van der Waals surface area contributed by atoms with Crippen molar-refractivity contribution in [2.24, 2.45) is 0 Å². The summed E-state index contributed by atoms with van der Waals surface area (Å²) in [5, 5.41) is 12.1. The van der Waals surface area contributed by atoms with Crippen LogP contribution in [0.4, 0.5) is 11.4 Å². The number of nitrogens with one attached hydrogen (secondary N) is 2. The maximum Gasteiger partial charge on any atom is 0.175 e. The Morgan fingerprint density at radius 1 is 1.04 bits per heavy atom. The molecule has 0 saturated heterocycles. The molecule has 0 bridgehead atoms. The molecule has 0 aliphatic carbocycles. The topological polar surface area (TPSA) is 41.9 Å². The van der Waals surface area contributed by atoms with E-state index in [4.69, 9.17) is 23.8 Å². The summed E-state index contributed by atoms with van der Waals surface area (Å²) in [5.41, 5.74) is 6.29. The predicted octanol–water partition coefficient (Wildman–Crippen LogP) is 5.32. The maximum absolute atomic E-state index is 6.05. The Kier molecular flexibility index (Phi) is 5.59. The minimum atomic E-state index is 0.529. The molecule has 0 saturated carbocycles. The minimum Gasteiger partial charge on any atom is -0.332 e. The Hall–Kier alpha value is -2.37. The van der Waals surface area contributed by atoms with Crippen molar-refractivity contribution in [2.45, 2.75) is 27.3 Å². The van der Waals surface area contributed by atoms with E-state index in [2.05, 4.69) is 40.9 Å². The molecule has 134 valence electrons. The van der Waals surface area contributed by atoms with Gasteiger partial charge < -0.3 is 10.6 Å². The number of aromatic nitrogens is 2. The van der Waals surface area contributed by atoms with Crippen LogP contribution in [0.1, 0.15) is 22.5 Å². The van der Waals surface area contributed by atoms with E-state index in [0.29, 0.717) is 10.1 Å². The quantitative estimate of drug-likeness (QED) is 0.597. The van der Waals surface area contributed by atoms with E-state index < -0.39 is 0 Å². The van der Waals surface area contributed by atoms with E-state index in [1.54, 1.807) is 0 Å². The van der Waals surface area contributed by atoms with Crippen LogP contribution in [0.15, 0.2) is 48.5 Å². The van der Waals surface area contributed by atoms with Crippen LogP contribution in [0.3, 0.4) is 0 Å². The molecule has 0 fully saturated rings. The fraction of sp³-hybridized carbons (Fsp3) is 0.200. The lowest BCUT2D eigenvalue weighted by Gasteiger charge is -2.13. The molecule has 0 aliphatic heterocycles. The first kappa shape index (κ1) is 18.4. The summed E-state index contributed by atoms with van der Waals surface area (Å²) in [6.07, 6.45) is 0. The largest absolute Gasteiger partial charge is 0.332 e. The van der Waals surface area contributed by atoms with E-state index in [0.717, 1.165) is 34.9 Å². The van der Waals surface area contributed by atoms with Crippen LogP contribution in [-0.2, 0) is 6.54 Å². The molecule has 0 radical (unpaired) electrons. The van der Waals surface area contributed by atoms with Gasteiger partial charge >= 0.3 is 0 Å². The highest BCUT2D eigenvalue weighted by Gasteiger charge is 2.05. The molecule has 0 atom stereocenters. The highest BCUT2D eigenvalue weighted by molar-refractivity contribution is 7.80. The van der Waals surface area contributed by atoms with Gasteiger partial charge in [0.2, 0.25) is 0 Å². The lowest BCUT2D eigenvalue weighted by atomic mass is 10.2. The Bertz CT molecular complexity index is 931. The molecule has 0 amide bonds. The molecule has 2 aromatic carbocycles. The molecule has 2 N–H and O–H groups in total. The number of rotatable bonds is 4. The van der Waals surface area contributed by atoms with Gasteiger partial charge in [0.25, 0.3) is 0 Å². The van der Waals surface area contributed by atoms with Gasteiger partial charge in [0, 0.05) is 22.1 Å². The molecule has 0 spiro atoms. The van der Waals surface area contributed by atoms with E-state index in [-0.39, 0.29) is 0 Å². The third-order valence-electron chi connectivity index (χ3n) is 4.10.